The summed E-state index contributed by atoms with van der Waals surface area (Å²) < 4.78 is 31.4. The Bertz CT molecular complexity index is 514. The van der Waals surface area contributed by atoms with Crippen molar-refractivity contribution in [1.29, 1.82) is 0 Å². The Morgan fingerprint density at radius 3 is 2.33 bits per heavy atom. The molecular weight excluding hydrogens is 286 g/mol. The fourth-order valence-corrected chi connectivity index (χ4v) is 1.70. The van der Waals surface area contributed by atoms with Gasteiger partial charge >= 0.3 is 12.0 Å². The first kappa shape index (κ1) is 16.7. The topological polar surface area (TPSA) is 87.7 Å². The maximum Gasteiger partial charge on any atom is 0.326 e. The van der Waals surface area contributed by atoms with E-state index in [2.05, 4.69) is 15.4 Å². The second-order valence-electron chi connectivity index (χ2n) is 4.25. The molecule has 1 atom stereocenters. The number of amides is 2. The quantitative estimate of drug-likeness (QED) is 0.752. The standard InChI is InChI=1S/C13H16F2N2O4/c1-3-4-10(12(18)19)17-13(20)16-7-5-8(14)11(21-2)9(15)6-7/h5-6,10H,3-4H2,1-2H3,(H,18,19)(H2,16,17,20)/t10-/m0/s1. The Morgan fingerprint density at radius 2 is 1.90 bits per heavy atom. The molecule has 0 heterocycles. The van der Waals surface area contributed by atoms with E-state index in [4.69, 9.17) is 5.11 Å². The van der Waals surface area contributed by atoms with E-state index in [1.807, 2.05) is 0 Å². The minimum absolute atomic E-state index is 0.149. The summed E-state index contributed by atoms with van der Waals surface area (Å²) in [6, 6.07) is -0.184. The number of hydrogen-bond acceptors (Lipinski definition) is 3. The fourth-order valence-electron chi connectivity index (χ4n) is 1.70. The fraction of sp³-hybridized carbons (Fsp3) is 0.385. The van der Waals surface area contributed by atoms with Crippen LogP contribution in [0.3, 0.4) is 0 Å². The Hall–Kier alpha value is -2.38. The first-order chi connectivity index (χ1) is 9.88. The van der Waals surface area contributed by atoms with Crippen molar-refractivity contribution >= 4 is 17.7 Å². The SMILES string of the molecule is CCC[C@H](NC(=O)Nc1cc(F)c(OC)c(F)c1)C(=O)O. The number of halogens is 2. The lowest BCUT2D eigenvalue weighted by Gasteiger charge is -2.14. The van der Waals surface area contributed by atoms with Crippen LogP contribution in [0.5, 0.6) is 5.75 Å². The maximum absolute atomic E-state index is 13.4. The van der Waals surface area contributed by atoms with Gasteiger partial charge in [0.25, 0.3) is 0 Å². The van der Waals surface area contributed by atoms with Crippen molar-refractivity contribution in [2.45, 2.75) is 25.8 Å². The van der Waals surface area contributed by atoms with Crippen LogP contribution in [0, 0.1) is 11.6 Å². The molecule has 0 aliphatic carbocycles. The summed E-state index contributed by atoms with van der Waals surface area (Å²) in [6.45, 7) is 1.77. The Labute approximate surface area is 120 Å². The molecular formula is C13H16F2N2O4. The molecule has 21 heavy (non-hydrogen) atoms. The van der Waals surface area contributed by atoms with Crippen LogP contribution in [0.15, 0.2) is 12.1 Å². The third-order valence-electron chi connectivity index (χ3n) is 2.64. The van der Waals surface area contributed by atoms with E-state index in [-0.39, 0.29) is 12.1 Å². The number of carbonyl (C=O) groups excluding carboxylic acids is 1. The molecule has 1 aromatic rings. The van der Waals surface area contributed by atoms with Crippen molar-refractivity contribution < 1.29 is 28.2 Å². The highest BCUT2D eigenvalue weighted by molar-refractivity contribution is 5.92. The van der Waals surface area contributed by atoms with Crippen molar-refractivity contribution in [3.63, 3.8) is 0 Å². The molecule has 0 saturated carbocycles. The van der Waals surface area contributed by atoms with E-state index < -0.39 is 35.4 Å². The van der Waals surface area contributed by atoms with Crippen LogP contribution in [0.2, 0.25) is 0 Å². The van der Waals surface area contributed by atoms with E-state index in [1.165, 1.54) is 0 Å². The number of carbonyl (C=O) groups is 2. The van der Waals surface area contributed by atoms with Crippen LogP contribution in [0.1, 0.15) is 19.8 Å². The second kappa shape index (κ2) is 7.41. The van der Waals surface area contributed by atoms with Crippen molar-refractivity contribution in [3.05, 3.63) is 23.8 Å². The van der Waals surface area contributed by atoms with Gasteiger partial charge < -0.3 is 20.5 Å². The number of anilines is 1. The first-order valence-corrected chi connectivity index (χ1v) is 6.22. The van der Waals surface area contributed by atoms with Crippen molar-refractivity contribution in [2.75, 3.05) is 12.4 Å². The molecule has 0 unspecified atom stereocenters. The lowest BCUT2D eigenvalue weighted by molar-refractivity contribution is -0.139. The lowest BCUT2D eigenvalue weighted by Crippen LogP contribution is -2.42. The molecule has 0 fully saturated rings. The highest BCUT2D eigenvalue weighted by atomic mass is 19.1. The molecule has 1 aromatic carbocycles. The van der Waals surface area contributed by atoms with Gasteiger partial charge in [0, 0.05) is 17.8 Å². The van der Waals surface area contributed by atoms with E-state index in [9.17, 15) is 18.4 Å². The summed E-state index contributed by atoms with van der Waals surface area (Å²) in [7, 11) is 1.11. The van der Waals surface area contributed by atoms with Crippen molar-refractivity contribution in [3.8, 4) is 5.75 Å². The van der Waals surface area contributed by atoms with Gasteiger partial charge in [-0.05, 0) is 6.42 Å². The largest absolute Gasteiger partial charge is 0.491 e. The summed E-state index contributed by atoms with van der Waals surface area (Å²) in [5, 5.41) is 13.3. The predicted molar refractivity (Wildman–Crippen MR) is 71.4 cm³/mol. The maximum atomic E-state index is 13.4. The third-order valence-corrected chi connectivity index (χ3v) is 2.64. The third kappa shape index (κ3) is 4.59. The van der Waals surface area contributed by atoms with Crippen LogP contribution in [-0.2, 0) is 4.79 Å². The number of methoxy groups -OCH3 is 1. The van der Waals surface area contributed by atoms with Gasteiger partial charge in [0.15, 0.2) is 17.4 Å². The molecule has 0 bridgehead atoms. The Balaban J connectivity index is 2.77. The predicted octanol–water partition coefficient (Wildman–Crippen LogP) is 2.35. The molecule has 0 aromatic heterocycles. The molecule has 0 aliphatic rings. The Kier molecular flexibility index (Phi) is 5.89. The minimum Gasteiger partial charge on any atom is -0.491 e. The van der Waals surface area contributed by atoms with Gasteiger partial charge in [0.2, 0.25) is 0 Å². The number of carboxylic acids is 1. The zero-order chi connectivity index (χ0) is 16.0. The van der Waals surface area contributed by atoms with Crippen LogP contribution >= 0.6 is 0 Å². The average molecular weight is 302 g/mol. The van der Waals surface area contributed by atoms with E-state index in [1.54, 1.807) is 6.92 Å². The van der Waals surface area contributed by atoms with Gasteiger partial charge in [-0.2, -0.15) is 0 Å². The number of benzene rings is 1. The number of ether oxygens (including phenoxy) is 1. The lowest BCUT2D eigenvalue weighted by atomic mass is 10.2. The van der Waals surface area contributed by atoms with Gasteiger partial charge in [0.1, 0.15) is 6.04 Å². The zero-order valence-electron chi connectivity index (χ0n) is 11.6. The second-order valence-corrected chi connectivity index (χ2v) is 4.25. The zero-order valence-corrected chi connectivity index (χ0v) is 11.6. The summed E-state index contributed by atoms with van der Waals surface area (Å²) in [6.07, 6.45) is 0.803. The van der Waals surface area contributed by atoms with E-state index in [0.29, 0.717) is 6.42 Å². The van der Waals surface area contributed by atoms with Crippen LogP contribution in [0.25, 0.3) is 0 Å². The van der Waals surface area contributed by atoms with Crippen LogP contribution in [-0.4, -0.2) is 30.3 Å². The summed E-state index contributed by atoms with van der Waals surface area (Å²) in [4.78, 5) is 22.5. The monoisotopic (exact) mass is 302 g/mol. The number of urea groups is 1. The minimum atomic E-state index is -1.18. The Morgan fingerprint density at radius 1 is 1.33 bits per heavy atom. The molecule has 116 valence electrons. The smallest absolute Gasteiger partial charge is 0.326 e. The summed E-state index contributed by atoms with van der Waals surface area (Å²) >= 11 is 0. The van der Waals surface area contributed by atoms with Crippen LogP contribution in [0.4, 0.5) is 19.3 Å². The molecule has 0 spiro atoms. The molecule has 8 heteroatoms. The molecule has 2 amide bonds. The van der Waals surface area contributed by atoms with Crippen LogP contribution < -0.4 is 15.4 Å². The summed E-state index contributed by atoms with van der Waals surface area (Å²) in [5.74, 6) is -3.69. The van der Waals surface area contributed by atoms with E-state index in [0.717, 1.165) is 19.2 Å². The molecule has 6 nitrogen and oxygen atoms in total. The summed E-state index contributed by atoms with van der Waals surface area (Å²) in [5.41, 5.74) is -0.149. The van der Waals surface area contributed by atoms with Gasteiger partial charge in [0.05, 0.1) is 7.11 Å². The van der Waals surface area contributed by atoms with Crippen molar-refractivity contribution in [2.24, 2.45) is 0 Å². The highest BCUT2D eigenvalue weighted by Crippen LogP contribution is 2.25. The molecule has 0 radical (unpaired) electrons. The van der Waals surface area contributed by atoms with Gasteiger partial charge in [-0.3, -0.25) is 0 Å². The number of aliphatic carboxylic acids is 1. The molecule has 0 saturated heterocycles. The normalized spacial score (nSPS) is 11.6. The average Bonchev–Trinajstić information content (AvgIpc) is 2.37. The number of nitrogens with one attached hydrogen (secondary N) is 2. The van der Waals surface area contributed by atoms with E-state index >= 15 is 0 Å². The van der Waals surface area contributed by atoms with Gasteiger partial charge in [-0.25, -0.2) is 18.4 Å². The van der Waals surface area contributed by atoms with Gasteiger partial charge in [-0.15, -0.1) is 0 Å². The van der Waals surface area contributed by atoms with Gasteiger partial charge in [-0.1, -0.05) is 13.3 Å². The molecule has 1 rings (SSSR count). The number of carboxylic acid groups (broad SMARTS) is 1. The highest BCUT2D eigenvalue weighted by Gasteiger charge is 2.19. The number of hydrogen-bond donors (Lipinski definition) is 3. The molecule has 0 aliphatic heterocycles. The first-order valence-electron chi connectivity index (χ1n) is 6.22. The van der Waals surface area contributed by atoms with Crippen molar-refractivity contribution in [1.82, 2.24) is 5.32 Å². The number of rotatable bonds is 6. The molecule has 3 N–H and O–H groups in total.